The van der Waals surface area contributed by atoms with Crippen molar-refractivity contribution in [2.75, 3.05) is 27.2 Å². The standard InChI is InChI=1S/C19H34N2/c1-15(2)12-17-8-10-18(11-9-17)16(3)20-13-19(4,5)14-21(6)7/h8-11,15-16,20H,12-14H2,1-7H3. The summed E-state index contributed by atoms with van der Waals surface area (Å²) in [6, 6.07) is 9.50. The Bertz CT molecular complexity index is 404. The van der Waals surface area contributed by atoms with Gasteiger partial charge in [0.25, 0.3) is 0 Å². The fraction of sp³-hybridized carbons (Fsp3) is 0.684. The van der Waals surface area contributed by atoms with Gasteiger partial charge in [-0.15, -0.1) is 0 Å². The molecule has 2 nitrogen and oxygen atoms in total. The van der Waals surface area contributed by atoms with Crippen molar-refractivity contribution >= 4 is 0 Å². The van der Waals surface area contributed by atoms with E-state index in [-0.39, 0.29) is 5.41 Å². The molecule has 0 fully saturated rings. The van der Waals surface area contributed by atoms with Crippen LogP contribution in [0.2, 0.25) is 0 Å². The molecule has 1 aromatic carbocycles. The normalized spacial score (nSPS) is 14.0. The van der Waals surface area contributed by atoms with Crippen molar-refractivity contribution < 1.29 is 0 Å². The van der Waals surface area contributed by atoms with Gasteiger partial charge in [0, 0.05) is 19.1 Å². The van der Waals surface area contributed by atoms with E-state index in [0.29, 0.717) is 6.04 Å². The molecule has 1 aromatic rings. The lowest BCUT2D eigenvalue weighted by Crippen LogP contribution is -2.38. The predicted molar refractivity (Wildman–Crippen MR) is 93.7 cm³/mol. The van der Waals surface area contributed by atoms with E-state index < -0.39 is 0 Å². The second-order valence-electron chi connectivity index (χ2n) is 7.84. The van der Waals surface area contributed by atoms with Crippen molar-refractivity contribution in [3.8, 4) is 0 Å². The van der Waals surface area contributed by atoms with Gasteiger partial charge < -0.3 is 10.2 Å². The van der Waals surface area contributed by atoms with Crippen LogP contribution in [0.1, 0.15) is 51.8 Å². The fourth-order valence-electron chi connectivity index (χ4n) is 2.87. The molecule has 0 radical (unpaired) electrons. The molecular weight excluding hydrogens is 256 g/mol. The van der Waals surface area contributed by atoms with Crippen LogP contribution in [-0.2, 0) is 6.42 Å². The van der Waals surface area contributed by atoms with Crippen molar-refractivity contribution in [3.05, 3.63) is 35.4 Å². The maximum Gasteiger partial charge on any atom is 0.0292 e. The zero-order valence-corrected chi connectivity index (χ0v) is 15.0. The third kappa shape index (κ3) is 7.10. The largest absolute Gasteiger partial charge is 0.310 e. The summed E-state index contributed by atoms with van der Waals surface area (Å²) in [4.78, 5) is 2.26. The summed E-state index contributed by atoms with van der Waals surface area (Å²) < 4.78 is 0. The average molecular weight is 290 g/mol. The van der Waals surface area contributed by atoms with E-state index in [2.05, 4.69) is 83.2 Å². The molecular formula is C19H34N2. The Kier molecular flexibility index (Phi) is 6.89. The molecule has 0 heterocycles. The van der Waals surface area contributed by atoms with Gasteiger partial charge in [-0.3, -0.25) is 0 Å². The molecule has 0 saturated carbocycles. The average Bonchev–Trinajstić information content (AvgIpc) is 2.34. The van der Waals surface area contributed by atoms with E-state index in [9.17, 15) is 0 Å². The highest BCUT2D eigenvalue weighted by Gasteiger charge is 2.19. The Balaban J connectivity index is 2.53. The van der Waals surface area contributed by atoms with E-state index in [1.54, 1.807) is 0 Å². The second kappa shape index (κ2) is 7.95. The molecule has 0 aliphatic rings. The van der Waals surface area contributed by atoms with E-state index in [1.807, 2.05) is 0 Å². The smallest absolute Gasteiger partial charge is 0.0292 e. The third-order valence-corrected chi connectivity index (χ3v) is 3.75. The summed E-state index contributed by atoms with van der Waals surface area (Å²) in [6.07, 6.45) is 1.16. The summed E-state index contributed by atoms with van der Waals surface area (Å²) in [7, 11) is 4.28. The van der Waals surface area contributed by atoms with E-state index in [1.165, 1.54) is 11.1 Å². The highest BCUT2D eigenvalue weighted by atomic mass is 15.1. The SMILES string of the molecule is CC(C)Cc1ccc(C(C)NCC(C)(C)CN(C)C)cc1. The first-order chi connectivity index (χ1) is 9.69. The van der Waals surface area contributed by atoms with Crippen molar-refractivity contribution in [1.82, 2.24) is 10.2 Å². The molecule has 0 aliphatic carbocycles. The summed E-state index contributed by atoms with van der Waals surface area (Å²) in [5.74, 6) is 0.721. The molecule has 1 rings (SSSR count). The topological polar surface area (TPSA) is 15.3 Å². The van der Waals surface area contributed by atoms with Crippen LogP contribution in [0.25, 0.3) is 0 Å². The molecule has 2 heteroatoms. The van der Waals surface area contributed by atoms with Crippen molar-refractivity contribution in [2.45, 2.75) is 47.1 Å². The minimum atomic E-state index is 0.287. The molecule has 0 saturated heterocycles. The van der Waals surface area contributed by atoms with E-state index in [0.717, 1.165) is 25.4 Å². The molecule has 120 valence electrons. The number of nitrogens with one attached hydrogen (secondary N) is 1. The Morgan fingerprint density at radius 3 is 2.10 bits per heavy atom. The maximum absolute atomic E-state index is 3.68. The minimum absolute atomic E-state index is 0.287. The summed E-state index contributed by atoms with van der Waals surface area (Å²) in [6.45, 7) is 13.6. The monoisotopic (exact) mass is 290 g/mol. The van der Waals surface area contributed by atoms with Crippen LogP contribution in [0.5, 0.6) is 0 Å². The highest BCUT2D eigenvalue weighted by molar-refractivity contribution is 5.25. The number of hydrogen-bond donors (Lipinski definition) is 1. The van der Waals surface area contributed by atoms with Gasteiger partial charge >= 0.3 is 0 Å². The first-order valence-electron chi connectivity index (χ1n) is 8.16. The summed E-state index contributed by atoms with van der Waals surface area (Å²) in [5.41, 5.74) is 3.10. The van der Waals surface area contributed by atoms with E-state index >= 15 is 0 Å². The first kappa shape index (κ1) is 18.2. The van der Waals surface area contributed by atoms with E-state index in [4.69, 9.17) is 0 Å². The Hall–Kier alpha value is -0.860. The summed E-state index contributed by atoms with van der Waals surface area (Å²) >= 11 is 0. The lowest BCUT2D eigenvalue weighted by molar-refractivity contribution is 0.227. The zero-order valence-electron chi connectivity index (χ0n) is 15.0. The van der Waals surface area contributed by atoms with Crippen molar-refractivity contribution in [1.29, 1.82) is 0 Å². The van der Waals surface area contributed by atoms with Crippen LogP contribution in [-0.4, -0.2) is 32.1 Å². The Labute approximate surface area is 131 Å². The molecule has 0 aliphatic heterocycles. The summed E-state index contributed by atoms with van der Waals surface area (Å²) in [5, 5.41) is 3.68. The van der Waals surface area contributed by atoms with Crippen LogP contribution in [0.15, 0.2) is 24.3 Å². The van der Waals surface area contributed by atoms with Crippen LogP contribution in [0.3, 0.4) is 0 Å². The molecule has 1 atom stereocenters. The molecule has 0 amide bonds. The number of nitrogens with zero attached hydrogens (tertiary/aromatic N) is 1. The van der Waals surface area contributed by atoms with Gasteiger partial charge in [-0.1, -0.05) is 52.0 Å². The van der Waals surface area contributed by atoms with Crippen molar-refractivity contribution in [3.63, 3.8) is 0 Å². The maximum atomic E-state index is 3.68. The Morgan fingerprint density at radius 2 is 1.62 bits per heavy atom. The van der Waals surface area contributed by atoms with Crippen LogP contribution in [0.4, 0.5) is 0 Å². The molecule has 1 N–H and O–H groups in total. The van der Waals surface area contributed by atoms with Gasteiger partial charge in [-0.25, -0.2) is 0 Å². The molecule has 21 heavy (non-hydrogen) atoms. The highest BCUT2D eigenvalue weighted by Crippen LogP contribution is 2.19. The Morgan fingerprint density at radius 1 is 1.05 bits per heavy atom. The van der Waals surface area contributed by atoms with Crippen LogP contribution < -0.4 is 5.32 Å². The molecule has 0 aromatic heterocycles. The fourth-order valence-corrected chi connectivity index (χ4v) is 2.87. The molecule has 1 unspecified atom stereocenters. The number of benzene rings is 1. The van der Waals surface area contributed by atoms with Gasteiger partial charge in [0.05, 0.1) is 0 Å². The van der Waals surface area contributed by atoms with Crippen LogP contribution >= 0.6 is 0 Å². The van der Waals surface area contributed by atoms with Gasteiger partial charge in [0.15, 0.2) is 0 Å². The van der Waals surface area contributed by atoms with Crippen LogP contribution in [0, 0.1) is 11.3 Å². The second-order valence-corrected chi connectivity index (χ2v) is 7.84. The molecule has 0 bridgehead atoms. The zero-order chi connectivity index (χ0) is 16.0. The van der Waals surface area contributed by atoms with Gasteiger partial charge in [0.1, 0.15) is 0 Å². The minimum Gasteiger partial charge on any atom is -0.310 e. The number of hydrogen-bond acceptors (Lipinski definition) is 2. The number of rotatable bonds is 8. The van der Waals surface area contributed by atoms with Gasteiger partial charge in [-0.05, 0) is 49.9 Å². The predicted octanol–water partition coefficient (Wildman–Crippen LogP) is 4.12. The quantitative estimate of drug-likeness (QED) is 0.774. The van der Waals surface area contributed by atoms with Gasteiger partial charge in [0.2, 0.25) is 0 Å². The lowest BCUT2D eigenvalue weighted by atomic mass is 9.92. The third-order valence-electron chi connectivity index (χ3n) is 3.75. The lowest BCUT2D eigenvalue weighted by Gasteiger charge is -2.30. The van der Waals surface area contributed by atoms with Gasteiger partial charge in [-0.2, -0.15) is 0 Å². The molecule has 0 spiro atoms. The first-order valence-corrected chi connectivity index (χ1v) is 8.16. The van der Waals surface area contributed by atoms with Crippen molar-refractivity contribution in [2.24, 2.45) is 11.3 Å².